The van der Waals surface area contributed by atoms with Crippen LogP contribution in [0.2, 0.25) is 0 Å². The van der Waals surface area contributed by atoms with Crippen LogP contribution < -0.4 is 0 Å². The molecule has 1 aliphatic rings. The zero-order chi connectivity index (χ0) is 34.5. The molecule has 9 rings (SSSR count). The first-order chi connectivity index (χ1) is 25.0. The zero-order valence-electron chi connectivity index (χ0n) is 28.4. The van der Waals surface area contributed by atoms with Gasteiger partial charge in [0.15, 0.2) is 5.82 Å². The zero-order valence-corrected chi connectivity index (χ0v) is 28.4. The molecule has 0 radical (unpaired) electrons. The van der Waals surface area contributed by atoms with Crippen molar-refractivity contribution in [2.24, 2.45) is 0 Å². The predicted octanol–water partition coefficient (Wildman–Crippen LogP) is 12.1. The van der Waals surface area contributed by atoms with Gasteiger partial charge in [-0.3, -0.25) is 0 Å². The Morgan fingerprint density at radius 3 is 1.86 bits per heavy atom. The molecule has 51 heavy (non-hydrogen) atoms. The molecular weight excluding hydrogens is 619 g/mol. The number of aromatic nitrogens is 2. The fourth-order valence-corrected chi connectivity index (χ4v) is 7.61. The number of hydrogen-bond acceptors (Lipinski definition) is 3. The average Bonchev–Trinajstić information content (AvgIpc) is 3.42. The van der Waals surface area contributed by atoms with Gasteiger partial charge in [0.2, 0.25) is 0 Å². The van der Waals surface area contributed by atoms with Gasteiger partial charge in [0.1, 0.15) is 0 Å². The van der Waals surface area contributed by atoms with Gasteiger partial charge in [-0.05, 0) is 85.6 Å². The molecule has 1 aromatic heterocycles. The summed E-state index contributed by atoms with van der Waals surface area (Å²) in [7, 11) is 0. The summed E-state index contributed by atoms with van der Waals surface area (Å²) in [6, 6.07) is 59.7. The molecular formula is C48H33N3. The second kappa shape index (κ2) is 12.1. The maximum atomic E-state index is 9.50. The minimum absolute atomic E-state index is 0.135. The molecule has 0 N–H and O–H groups in total. The van der Waals surface area contributed by atoms with Crippen LogP contribution in [-0.4, -0.2) is 9.97 Å². The summed E-state index contributed by atoms with van der Waals surface area (Å²) in [5, 5.41) is 11.8. The number of fused-ring (bicyclic) bond motifs is 4. The number of benzene rings is 7. The van der Waals surface area contributed by atoms with Crippen LogP contribution >= 0.6 is 0 Å². The summed E-state index contributed by atoms with van der Waals surface area (Å²) in [6.07, 6.45) is 0. The van der Waals surface area contributed by atoms with Gasteiger partial charge in [-0.25, -0.2) is 9.97 Å². The lowest BCUT2D eigenvalue weighted by Crippen LogP contribution is -2.15. The Bertz CT molecular complexity index is 2660. The Balaban J connectivity index is 1.07. The van der Waals surface area contributed by atoms with E-state index in [-0.39, 0.29) is 5.41 Å². The molecule has 3 nitrogen and oxygen atoms in total. The van der Waals surface area contributed by atoms with E-state index in [2.05, 4.69) is 153 Å². The van der Waals surface area contributed by atoms with Crippen molar-refractivity contribution in [3.05, 3.63) is 180 Å². The van der Waals surface area contributed by atoms with E-state index in [9.17, 15) is 5.26 Å². The molecule has 7 aromatic carbocycles. The smallest absolute Gasteiger partial charge is 0.161 e. The van der Waals surface area contributed by atoms with Crippen molar-refractivity contribution in [1.82, 2.24) is 9.97 Å². The van der Waals surface area contributed by atoms with E-state index in [1.54, 1.807) is 0 Å². The number of nitrogens with zero attached hydrogens (tertiary/aromatic N) is 3. The van der Waals surface area contributed by atoms with Crippen LogP contribution in [0.4, 0.5) is 0 Å². The molecule has 0 amide bonds. The van der Waals surface area contributed by atoms with Crippen molar-refractivity contribution in [3.8, 4) is 73.4 Å². The Morgan fingerprint density at radius 2 is 1.08 bits per heavy atom. The summed E-state index contributed by atoms with van der Waals surface area (Å²) in [5.41, 5.74) is 15.0. The second-order valence-corrected chi connectivity index (χ2v) is 13.8. The third-order valence-corrected chi connectivity index (χ3v) is 10.3. The lowest BCUT2D eigenvalue weighted by Gasteiger charge is -2.22. The van der Waals surface area contributed by atoms with Gasteiger partial charge in [0.25, 0.3) is 0 Å². The number of hydrogen-bond donors (Lipinski definition) is 0. The van der Waals surface area contributed by atoms with Crippen molar-refractivity contribution >= 4 is 10.8 Å². The highest BCUT2D eigenvalue weighted by Crippen LogP contribution is 2.50. The molecule has 8 aromatic rings. The SMILES string of the molecule is CC1(C)c2ccc(C#N)cc2-c2ccc(-c3ccc(-c4cccc(-c5cc(-c6ccccc6)nc(-c6cccc7ccccc67)n5)c4)cc3)cc21. The van der Waals surface area contributed by atoms with E-state index in [0.29, 0.717) is 11.4 Å². The minimum atomic E-state index is -0.135. The van der Waals surface area contributed by atoms with E-state index in [0.717, 1.165) is 44.6 Å². The van der Waals surface area contributed by atoms with E-state index in [1.807, 2.05) is 30.3 Å². The summed E-state index contributed by atoms with van der Waals surface area (Å²) in [6.45, 7) is 4.55. The highest BCUT2D eigenvalue weighted by atomic mass is 14.9. The Morgan fingerprint density at radius 1 is 0.451 bits per heavy atom. The first-order valence-electron chi connectivity index (χ1n) is 17.3. The standard InChI is InChI=1S/C48H33N3/c1-48(2)43-25-18-31(30-49)26-42(43)40-24-23-37(28-44(40)48)33-21-19-32(20-22-33)36-14-8-15-38(27-36)46-29-45(35-11-4-3-5-12-35)50-47(51-46)41-17-9-13-34-10-6-7-16-39(34)41/h3-29H,1-2H3. The fraction of sp³-hybridized carbons (Fsp3) is 0.0625. The third-order valence-electron chi connectivity index (χ3n) is 10.3. The van der Waals surface area contributed by atoms with Crippen molar-refractivity contribution in [2.45, 2.75) is 19.3 Å². The fourth-order valence-electron chi connectivity index (χ4n) is 7.61. The molecule has 0 saturated heterocycles. The maximum absolute atomic E-state index is 9.50. The molecule has 0 bridgehead atoms. The summed E-state index contributed by atoms with van der Waals surface area (Å²) in [4.78, 5) is 10.3. The van der Waals surface area contributed by atoms with Crippen LogP contribution in [0.5, 0.6) is 0 Å². The summed E-state index contributed by atoms with van der Waals surface area (Å²) >= 11 is 0. The van der Waals surface area contributed by atoms with Crippen molar-refractivity contribution in [2.75, 3.05) is 0 Å². The van der Waals surface area contributed by atoms with Gasteiger partial charge in [-0.15, -0.1) is 0 Å². The van der Waals surface area contributed by atoms with Crippen LogP contribution in [0.1, 0.15) is 30.5 Å². The quantitative estimate of drug-likeness (QED) is 0.186. The Hall–Kier alpha value is -6.63. The monoisotopic (exact) mass is 651 g/mol. The molecule has 0 fully saturated rings. The van der Waals surface area contributed by atoms with Crippen molar-refractivity contribution in [1.29, 1.82) is 5.26 Å². The Kier molecular flexibility index (Phi) is 7.19. The van der Waals surface area contributed by atoms with Crippen LogP contribution in [-0.2, 0) is 5.41 Å². The Labute approximate surface area is 298 Å². The molecule has 0 atom stereocenters. The lowest BCUT2D eigenvalue weighted by molar-refractivity contribution is 0.660. The molecule has 0 unspecified atom stereocenters. The van der Waals surface area contributed by atoms with Crippen LogP contribution in [0, 0.1) is 11.3 Å². The first kappa shape index (κ1) is 30.4. The van der Waals surface area contributed by atoms with Gasteiger partial charge >= 0.3 is 0 Å². The van der Waals surface area contributed by atoms with E-state index in [1.165, 1.54) is 38.8 Å². The van der Waals surface area contributed by atoms with Crippen LogP contribution in [0.15, 0.2) is 164 Å². The van der Waals surface area contributed by atoms with Gasteiger partial charge in [0, 0.05) is 22.1 Å². The average molecular weight is 652 g/mol. The first-order valence-corrected chi connectivity index (χ1v) is 17.3. The van der Waals surface area contributed by atoms with Crippen LogP contribution in [0.3, 0.4) is 0 Å². The highest BCUT2D eigenvalue weighted by molar-refractivity contribution is 5.95. The third kappa shape index (κ3) is 5.30. The lowest BCUT2D eigenvalue weighted by atomic mass is 9.81. The van der Waals surface area contributed by atoms with Crippen molar-refractivity contribution < 1.29 is 0 Å². The molecule has 240 valence electrons. The number of nitriles is 1. The molecule has 1 aliphatic carbocycles. The van der Waals surface area contributed by atoms with Crippen molar-refractivity contribution in [3.63, 3.8) is 0 Å². The van der Waals surface area contributed by atoms with Gasteiger partial charge in [0.05, 0.1) is 23.0 Å². The predicted molar refractivity (Wildman–Crippen MR) is 209 cm³/mol. The normalized spacial score (nSPS) is 12.6. The topological polar surface area (TPSA) is 49.6 Å². The summed E-state index contributed by atoms with van der Waals surface area (Å²) < 4.78 is 0. The molecule has 0 spiro atoms. The van der Waals surface area contributed by atoms with E-state index < -0.39 is 0 Å². The van der Waals surface area contributed by atoms with Gasteiger partial charge < -0.3 is 0 Å². The molecule has 0 aliphatic heterocycles. The maximum Gasteiger partial charge on any atom is 0.161 e. The second-order valence-electron chi connectivity index (χ2n) is 13.8. The highest BCUT2D eigenvalue weighted by Gasteiger charge is 2.35. The van der Waals surface area contributed by atoms with E-state index in [4.69, 9.17) is 9.97 Å². The van der Waals surface area contributed by atoms with Crippen LogP contribution in [0.25, 0.3) is 78.1 Å². The minimum Gasteiger partial charge on any atom is -0.228 e. The largest absolute Gasteiger partial charge is 0.228 e. The molecule has 3 heteroatoms. The van der Waals surface area contributed by atoms with E-state index >= 15 is 0 Å². The molecule has 1 heterocycles. The van der Waals surface area contributed by atoms with Gasteiger partial charge in [-0.1, -0.05) is 147 Å². The summed E-state index contributed by atoms with van der Waals surface area (Å²) in [5.74, 6) is 0.712. The molecule has 0 saturated carbocycles. The number of rotatable bonds is 5. The van der Waals surface area contributed by atoms with Gasteiger partial charge in [-0.2, -0.15) is 5.26 Å².